The van der Waals surface area contributed by atoms with Crippen LogP contribution in [-0.4, -0.2) is 21.2 Å². The second-order valence-electron chi connectivity index (χ2n) is 10.8. The average molecular weight is 393 g/mol. The molecular weight excluding hydrogens is 356 g/mol. The van der Waals surface area contributed by atoms with Crippen LogP contribution in [0.5, 0.6) is 0 Å². The second-order valence-corrected chi connectivity index (χ2v) is 10.8. The van der Waals surface area contributed by atoms with Crippen LogP contribution in [0.3, 0.4) is 0 Å². The molecule has 0 spiro atoms. The molecule has 2 saturated carbocycles. The summed E-state index contributed by atoms with van der Waals surface area (Å²) in [7, 11) is 0. The first-order chi connectivity index (χ1) is 13.9. The maximum atomic E-state index is 10.3. The van der Waals surface area contributed by atoms with Gasteiger partial charge in [0.05, 0.1) is 11.8 Å². The molecule has 2 fully saturated rings. The van der Waals surface area contributed by atoms with Crippen LogP contribution >= 0.6 is 0 Å². The van der Waals surface area contributed by atoms with Crippen molar-refractivity contribution >= 4 is 5.57 Å². The summed E-state index contributed by atoms with van der Waals surface area (Å²) in [6.45, 7) is 9.77. The van der Waals surface area contributed by atoms with Gasteiger partial charge in [-0.3, -0.25) is 0 Å². The highest BCUT2D eigenvalue weighted by Crippen LogP contribution is 2.68. The first-order valence-corrected chi connectivity index (χ1v) is 11.7. The zero-order valence-electron chi connectivity index (χ0n) is 18.5. The molecule has 4 aliphatic rings. The number of rotatable bonds is 2. The minimum atomic E-state index is -0.128. The molecule has 0 bridgehead atoms. The van der Waals surface area contributed by atoms with Crippen molar-refractivity contribution < 1.29 is 5.11 Å². The van der Waals surface area contributed by atoms with E-state index < -0.39 is 0 Å². The van der Waals surface area contributed by atoms with Crippen LogP contribution in [0, 0.1) is 34.5 Å². The molecule has 156 valence electrons. The molecule has 0 radical (unpaired) electrons. The highest BCUT2D eigenvalue weighted by Gasteiger charge is 2.59. The van der Waals surface area contributed by atoms with Crippen molar-refractivity contribution in [1.29, 1.82) is 0 Å². The summed E-state index contributed by atoms with van der Waals surface area (Å²) in [4.78, 5) is 8.83. The van der Waals surface area contributed by atoms with Crippen LogP contribution in [0.1, 0.15) is 78.3 Å². The number of fused-ring (bicyclic) bond motifs is 5. The first-order valence-electron chi connectivity index (χ1n) is 11.7. The first kappa shape index (κ1) is 19.5. The summed E-state index contributed by atoms with van der Waals surface area (Å²) in [5.74, 6) is 2.86. The molecule has 3 nitrogen and oxygen atoms in total. The molecule has 0 amide bonds. The zero-order valence-corrected chi connectivity index (χ0v) is 18.5. The van der Waals surface area contributed by atoms with Gasteiger partial charge in [0, 0.05) is 6.20 Å². The Morgan fingerprint density at radius 3 is 2.62 bits per heavy atom. The molecule has 1 aromatic heterocycles. The van der Waals surface area contributed by atoms with Gasteiger partial charge in [-0.1, -0.05) is 38.0 Å². The SMILES string of the molecule is CC[C@H]1C=C2C[C@@H](O)CC[C@]2(C)[C@H]2CC[C@]3(C)C(c4ccncn4)=C(C)C[C@H]3[C@H]12. The summed E-state index contributed by atoms with van der Waals surface area (Å²) >= 11 is 0. The summed E-state index contributed by atoms with van der Waals surface area (Å²) < 4.78 is 0. The highest BCUT2D eigenvalue weighted by atomic mass is 16.3. The standard InChI is InChI=1S/C26H36N2O/c1-5-17-13-18-14-19(29)6-9-25(18,3)20-7-10-26(4)21(23(17)20)12-16(2)24(26)22-8-11-27-15-28-22/h8,11,13,15,17,19-21,23,29H,5-7,9-10,12,14H2,1-4H3/t17-,19-,20-,21-,23+,25-,26-/m0/s1. The Balaban J connectivity index is 1.57. The zero-order chi connectivity index (χ0) is 20.4. The van der Waals surface area contributed by atoms with E-state index in [2.05, 4.69) is 49.8 Å². The Hall–Kier alpha value is -1.48. The van der Waals surface area contributed by atoms with E-state index in [9.17, 15) is 5.11 Å². The molecule has 4 aliphatic carbocycles. The van der Waals surface area contributed by atoms with E-state index in [0.717, 1.165) is 36.8 Å². The normalized spacial score (nSPS) is 44.0. The van der Waals surface area contributed by atoms with Gasteiger partial charge in [0.2, 0.25) is 0 Å². The van der Waals surface area contributed by atoms with Gasteiger partial charge in [-0.25, -0.2) is 9.97 Å². The monoisotopic (exact) mass is 392 g/mol. The third kappa shape index (κ3) is 2.72. The number of allylic oxidation sites excluding steroid dienone is 3. The number of hydrogen-bond acceptors (Lipinski definition) is 3. The summed E-state index contributed by atoms with van der Waals surface area (Å²) in [5, 5.41) is 10.3. The Morgan fingerprint density at radius 2 is 1.90 bits per heavy atom. The minimum absolute atomic E-state index is 0.128. The third-order valence-corrected chi connectivity index (χ3v) is 9.47. The fraction of sp³-hybridized carbons (Fsp3) is 0.692. The number of aromatic nitrogens is 2. The molecule has 1 N–H and O–H groups in total. The molecule has 3 heteroatoms. The quantitative estimate of drug-likeness (QED) is 0.645. The molecular formula is C26H36N2O. The highest BCUT2D eigenvalue weighted by molar-refractivity contribution is 5.73. The van der Waals surface area contributed by atoms with Crippen LogP contribution in [0.4, 0.5) is 0 Å². The molecule has 1 heterocycles. The van der Waals surface area contributed by atoms with Gasteiger partial charge in [0.15, 0.2) is 0 Å². The van der Waals surface area contributed by atoms with Gasteiger partial charge in [0.1, 0.15) is 6.33 Å². The van der Waals surface area contributed by atoms with Crippen molar-refractivity contribution in [3.05, 3.63) is 41.5 Å². The van der Waals surface area contributed by atoms with Crippen molar-refractivity contribution in [3.63, 3.8) is 0 Å². The number of nitrogens with zero attached hydrogens (tertiary/aromatic N) is 2. The van der Waals surface area contributed by atoms with Gasteiger partial charge in [0.25, 0.3) is 0 Å². The van der Waals surface area contributed by atoms with Crippen LogP contribution in [0.2, 0.25) is 0 Å². The van der Waals surface area contributed by atoms with E-state index in [0.29, 0.717) is 17.3 Å². The average Bonchev–Trinajstić information content (AvgIpc) is 2.98. The molecule has 0 saturated heterocycles. The van der Waals surface area contributed by atoms with E-state index in [1.54, 1.807) is 17.5 Å². The number of hydrogen-bond donors (Lipinski definition) is 1. The maximum Gasteiger partial charge on any atom is 0.116 e. The van der Waals surface area contributed by atoms with Crippen molar-refractivity contribution in [2.45, 2.75) is 78.7 Å². The Kier molecular flexibility index (Phi) is 4.55. The van der Waals surface area contributed by atoms with Crippen molar-refractivity contribution in [2.75, 3.05) is 0 Å². The van der Waals surface area contributed by atoms with Crippen LogP contribution < -0.4 is 0 Å². The summed E-state index contributed by atoms with van der Waals surface area (Å²) in [5.41, 5.74) is 6.30. The smallest absolute Gasteiger partial charge is 0.116 e. The van der Waals surface area contributed by atoms with Crippen LogP contribution in [-0.2, 0) is 0 Å². The van der Waals surface area contributed by atoms with Gasteiger partial charge in [-0.05, 0) is 98.0 Å². The van der Waals surface area contributed by atoms with Crippen molar-refractivity contribution in [3.8, 4) is 0 Å². The number of aliphatic hydroxyl groups excluding tert-OH is 1. The summed E-state index contributed by atoms with van der Waals surface area (Å²) in [6.07, 6.45) is 14.1. The lowest BCUT2D eigenvalue weighted by atomic mass is 9.45. The predicted molar refractivity (Wildman–Crippen MR) is 117 cm³/mol. The lowest BCUT2D eigenvalue weighted by Crippen LogP contribution is -2.52. The van der Waals surface area contributed by atoms with E-state index >= 15 is 0 Å². The van der Waals surface area contributed by atoms with E-state index in [1.807, 2.05) is 6.20 Å². The molecule has 0 aliphatic heterocycles. The lowest BCUT2D eigenvalue weighted by molar-refractivity contribution is -0.0468. The molecule has 7 atom stereocenters. The van der Waals surface area contributed by atoms with E-state index in [4.69, 9.17) is 0 Å². The third-order valence-electron chi connectivity index (χ3n) is 9.47. The second kappa shape index (κ2) is 6.77. The van der Waals surface area contributed by atoms with Gasteiger partial charge in [-0.15, -0.1) is 0 Å². The molecule has 5 rings (SSSR count). The molecule has 0 aromatic carbocycles. The fourth-order valence-electron chi connectivity index (χ4n) is 8.08. The fourth-order valence-corrected chi connectivity index (χ4v) is 8.08. The van der Waals surface area contributed by atoms with Crippen molar-refractivity contribution in [2.24, 2.45) is 34.5 Å². The van der Waals surface area contributed by atoms with Crippen LogP contribution in [0.25, 0.3) is 5.57 Å². The minimum Gasteiger partial charge on any atom is -0.393 e. The van der Waals surface area contributed by atoms with E-state index in [-0.39, 0.29) is 11.5 Å². The number of aliphatic hydroxyl groups is 1. The molecule has 1 aromatic rings. The Bertz CT molecular complexity index is 859. The molecule has 0 unspecified atom stereocenters. The molecule has 29 heavy (non-hydrogen) atoms. The van der Waals surface area contributed by atoms with Gasteiger partial charge in [-0.2, -0.15) is 0 Å². The van der Waals surface area contributed by atoms with E-state index in [1.165, 1.54) is 31.3 Å². The Labute approximate surface area is 175 Å². The summed E-state index contributed by atoms with van der Waals surface area (Å²) in [6, 6.07) is 2.11. The van der Waals surface area contributed by atoms with Crippen molar-refractivity contribution in [1.82, 2.24) is 9.97 Å². The Morgan fingerprint density at radius 1 is 1.10 bits per heavy atom. The van der Waals surface area contributed by atoms with Gasteiger partial charge >= 0.3 is 0 Å². The van der Waals surface area contributed by atoms with Crippen LogP contribution in [0.15, 0.2) is 35.8 Å². The topological polar surface area (TPSA) is 46.0 Å². The maximum absolute atomic E-state index is 10.3. The lowest BCUT2D eigenvalue weighted by Gasteiger charge is -2.59. The largest absolute Gasteiger partial charge is 0.393 e. The predicted octanol–water partition coefficient (Wildman–Crippen LogP) is 5.82. The van der Waals surface area contributed by atoms with Gasteiger partial charge < -0.3 is 5.11 Å².